The van der Waals surface area contributed by atoms with Gasteiger partial charge >= 0.3 is 0 Å². The van der Waals surface area contributed by atoms with Crippen LogP contribution >= 0.6 is 24.8 Å². The van der Waals surface area contributed by atoms with E-state index < -0.39 is 0 Å². The van der Waals surface area contributed by atoms with Crippen molar-refractivity contribution in [1.82, 2.24) is 15.5 Å². The van der Waals surface area contributed by atoms with Gasteiger partial charge in [0.05, 0.1) is 6.04 Å². The highest BCUT2D eigenvalue weighted by molar-refractivity contribution is 5.85. The molecule has 0 aliphatic carbocycles. The zero-order valence-corrected chi connectivity index (χ0v) is 14.2. The van der Waals surface area contributed by atoms with Gasteiger partial charge in [-0.1, -0.05) is 12.1 Å². The fraction of sp³-hybridized carbons (Fsp3) is 0.500. The fourth-order valence-corrected chi connectivity index (χ4v) is 1.85. The zero-order chi connectivity index (χ0) is 14.3. The lowest BCUT2D eigenvalue weighted by Crippen LogP contribution is -2.35. The number of halogens is 3. The van der Waals surface area contributed by atoms with Gasteiger partial charge < -0.3 is 15.5 Å². The lowest BCUT2D eigenvalue weighted by atomic mass is 10.1. The highest BCUT2D eigenvalue weighted by atomic mass is 35.5. The van der Waals surface area contributed by atoms with E-state index in [-0.39, 0.29) is 42.6 Å². The summed E-state index contributed by atoms with van der Waals surface area (Å²) in [6.45, 7) is 1.12. The predicted molar refractivity (Wildman–Crippen MR) is 88.9 cm³/mol. The number of amides is 1. The molecule has 0 heterocycles. The van der Waals surface area contributed by atoms with E-state index in [2.05, 4.69) is 10.6 Å². The van der Waals surface area contributed by atoms with Crippen molar-refractivity contribution in [3.63, 3.8) is 0 Å². The normalized spacial score (nSPS) is 11.3. The van der Waals surface area contributed by atoms with E-state index in [9.17, 15) is 9.18 Å². The maximum absolute atomic E-state index is 13.2. The topological polar surface area (TPSA) is 44.4 Å². The average molecular weight is 340 g/mol. The van der Waals surface area contributed by atoms with E-state index in [1.54, 1.807) is 6.07 Å². The van der Waals surface area contributed by atoms with Gasteiger partial charge in [-0.25, -0.2) is 4.39 Å². The van der Waals surface area contributed by atoms with Crippen LogP contribution < -0.4 is 10.6 Å². The van der Waals surface area contributed by atoms with Gasteiger partial charge in [-0.3, -0.25) is 4.79 Å². The van der Waals surface area contributed by atoms with Crippen LogP contribution in [-0.2, 0) is 4.79 Å². The highest BCUT2D eigenvalue weighted by Crippen LogP contribution is 2.18. The first kappa shape index (κ1) is 22.4. The molecule has 4 nitrogen and oxygen atoms in total. The zero-order valence-electron chi connectivity index (χ0n) is 12.6. The highest BCUT2D eigenvalue weighted by Gasteiger charge is 2.15. The van der Waals surface area contributed by atoms with Crippen LogP contribution in [0.1, 0.15) is 18.0 Å². The molecular formula is C14H24Cl2FN3O. The molecule has 0 spiro atoms. The van der Waals surface area contributed by atoms with Crippen molar-refractivity contribution in [3.05, 3.63) is 35.6 Å². The molecule has 0 aliphatic rings. The summed E-state index contributed by atoms with van der Waals surface area (Å²) in [6, 6.07) is 6.44. The Kier molecular flexibility index (Phi) is 12.5. The summed E-state index contributed by atoms with van der Waals surface area (Å²) >= 11 is 0. The van der Waals surface area contributed by atoms with Crippen LogP contribution in [0.25, 0.3) is 0 Å². The summed E-state index contributed by atoms with van der Waals surface area (Å²) in [4.78, 5) is 13.5. The maximum Gasteiger partial charge on any atom is 0.221 e. The Hall–Kier alpha value is -0.880. The first-order valence-corrected chi connectivity index (χ1v) is 6.37. The number of carbonyl (C=O) groups is 1. The predicted octanol–water partition coefficient (Wildman–Crippen LogP) is 2.00. The van der Waals surface area contributed by atoms with Crippen molar-refractivity contribution < 1.29 is 9.18 Å². The van der Waals surface area contributed by atoms with E-state index >= 15 is 0 Å². The molecule has 1 rings (SSSR count). The van der Waals surface area contributed by atoms with Gasteiger partial charge in [0.1, 0.15) is 5.82 Å². The lowest BCUT2D eigenvalue weighted by molar-refractivity contribution is -0.121. The summed E-state index contributed by atoms with van der Waals surface area (Å²) in [5, 5.41) is 5.80. The average Bonchev–Trinajstić information content (AvgIpc) is 2.36. The summed E-state index contributed by atoms with van der Waals surface area (Å²) in [7, 11) is 5.63. The molecular weight excluding hydrogens is 316 g/mol. The van der Waals surface area contributed by atoms with Crippen molar-refractivity contribution in [2.75, 3.05) is 34.2 Å². The summed E-state index contributed by atoms with van der Waals surface area (Å²) in [6.07, 6.45) is 0.444. The second-order valence-corrected chi connectivity index (χ2v) is 4.69. The smallest absolute Gasteiger partial charge is 0.221 e. The van der Waals surface area contributed by atoms with Gasteiger partial charge in [0.15, 0.2) is 0 Å². The molecule has 1 aromatic carbocycles. The van der Waals surface area contributed by atoms with Crippen LogP contribution in [-0.4, -0.2) is 45.0 Å². The number of hydrogen-bond donors (Lipinski definition) is 2. The van der Waals surface area contributed by atoms with E-state index in [1.807, 2.05) is 32.1 Å². The summed E-state index contributed by atoms with van der Waals surface area (Å²) in [5.41, 5.74) is 0.860. The van der Waals surface area contributed by atoms with Crippen LogP contribution in [0.15, 0.2) is 24.3 Å². The van der Waals surface area contributed by atoms with Crippen molar-refractivity contribution >= 4 is 30.7 Å². The van der Waals surface area contributed by atoms with Crippen LogP contribution in [0.4, 0.5) is 4.39 Å². The van der Waals surface area contributed by atoms with E-state index in [1.165, 1.54) is 12.1 Å². The Bertz CT molecular complexity index is 419. The standard InChI is InChI=1S/C14H22FN3O.2ClH/c1-16-8-7-14(19)17-10-13(18(2)3)11-5-4-6-12(15)9-11;;/h4-6,9,13,16H,7-8,10H2,1-3H3,(H,17,19);2*1H. The third-order valence-electron chi connectivity index (χ3n) is 2.95. The minimum atomic E-state index is -0.258. The molecule has 1 amide bonds. The molecule has 0 saturated heterocycles. The fourth-order valence-electron chi connectivity index (χ4n) is 1.85. The third-order valence-corrected chi connectivity index (χ3v) is 2.95. The van der Waals surface area contributed by atoms with Gasteiger partial charge in [-0.15, -0.1) is 24.8 Å². The SMILES string of the molecule is CNCCC(=O)NCC(c1cccc(F)c1)N(C)C.Cl.Cl. The number of hydrogen-bond acceptors (Lipinski definition) is 3. The van der Waals surface area contributed by atoms with Gasteiger partial charge in [0.25, 0.3) is 0 Å². The van der Waals surface area contributed by atoms with Crippen molar-refractivity contribution in [2.45, 2.75) is 12.5 Å². The van der Waals surface area contributed by atoms with Crippen molar-refractivity contribution in [2.24, 2.45) is 0 Å². The first-order chi connectivity index (χ1) is 9.04. The largest absolute Gasteiger partial charge is 0.354 e. The maximum atomic E-state index is 13.2. The van der Waals surface area contributed by atoms with Crippen LogP contribution in [0.2, 0.25) is 0 Å². The lowest BCUT2D eigenvalue weighted by Gasteiger charge is -2.25. The summed E-state index contributed by atoms with van der Waals surface area (Å²) < 4.78 is 13.2. The van der Waals surface area contributed by atoms with Crippen LogP contribution in [0.3, 0.4) is 0 Å². The first-order valence-electron chi connectivity index (χ1n) is 6.37. The number of benzene rings is 1. The number of carbonyl (C=O) groups excluding carboxylic acids is 1. The monoisotopic (exact) mass is 339 g/mol. The Balaban J connectivity index is 0. The molecule has 7 heteroatoms. The van der Waals surface area contributed by atoms with Crippen molar-refractivity contribution in [1.29, 1.82) is 0 Å². The number of nitrogens with one attached hydrogen (secondary N) is 2. The Morgan fingerprint density at radius 2 is 2.00 bits per heavy atom. The van der Waals surface area contributed by atoms with Crippen molar-refractivity contribution in [3.8, 4) is 0 Å². The third kappa shape index (κ3) is 8.21. The Morgan fingerprint density at radius 3 is 2.52 bits per heavy atom. The molecule has 1 atom stereocenters. The molecule has 122 valence electrons. The van der Waals surface area contributed by atoms with Gasteiger partial charge in [-0.05, 0) is 38.8 Å². The number of rotatable bonds is 7. The minimum absolute atomic E-state index is 0. The second kappa shape index (κ2) is 11.7. The second-order valence-electron chi connectivity index (χ2n) is 4.69. The van der Waals surface area contributed by atoms with E-state index in [0.717, 1.165) is 5.56 Å². The minimum Gasteiger partial charge on any atom is -0.354 e. The molecule has 0 fully saturated rings. The Labute approximate surface area is 138 Å². The molecule has 21 heavy (non-hydrogen) atoms. The molecule has 1 unspecified atom stereocenters. The molecule has 0 bridgehead atoms. The van der Waals surface area contributed by atoms with E-state index in [4.69, 9.17) is 0 Å². The van der Waals surface area contributed by atoms with Gasteiger partial charge in [-0.2, -0.15) is 0 Å². The van der Waals surface area contributed by atoms with Crippen LogP contribution in [0, 0.1) is 5.82 Å². The summed E-state index contributed by atoms with van der Waals surface area (Å²) in [5.74, 6) is -0.261. The number of nitrogens with zero attached hydrogens (tertiary/aromatic N) is 1. The molecule has 0 saturated carbocycles. The van der Waals surface area contributed by atoms with Gasteiger partial charge in [0, 0.05) is 19.5 Å². The molecule has 0 aliphatic heterocycles. The van der Waals surface area contributed by atoms with Crippen LogP contribution in [0.5, 0.6) is 0 Å². The molecule has 0 aromatic heterocycles. The molecule has 0 radical (unpaired) electrons. The molecule has 1 aromatic rings. The van der Waals surface area contributed by atoms with Gasteiger partial charge in [0.2, 0.25) is 5.91 Å². The quantitative estimate of drug-likeness (QED) is 0.798. The number of likely N-dealkylation sites (N-methyl/N-ethyl adjacent to an activating group) is 1. The van der Waals surface area contributed by atoms with E-state index in [0.29, 0.717) is 19.5 Å². The Morgan fingerprint density at radius 1 is 1.33 bits per heavy atom. The molecule has 2 N–H and O–H groups in total.